The van der Waals surface area contributed by atoms with E-state index in [0.717, 1.165) is 16.8 Å². The molecule has 0 saturated heterocycles. The molecule has 3 aromatic heterocycles. The molecule has 0 aliphatic rings. The van der Waals surface area contributed by atoms with Crippen LogP contribution in [-0.4, -0.2) is 24.7 Å². The molecule has 0 unspecified atom stereocenters. The molecule has 0 aliphatic carbocycles. The van der Waals surface area contributed by atoms with E-state index in [1.165, 1.54) is 24.9 Å². The van der Waals surface area contributed by atoms with Crippen molar-refractivity contribution in [3.05, 3.63) is 60.6 Å². The lowest BCUT2D eigenvalue weighted by molar-refractivity contribution is 0.443. The van der Waals surface area contributed by atoms with Crippen LogP contribution in [0.25, 0.3) is 27.8 Å². The summed E-state index contributed by atoms with van der Waals surface area (Å²) < 4.78 is 41.9. The molecule has 6 nitrogen and oxygen atoms in total. The Kier molecular flexibility index (Phi) is 3.34. The summed E-state index contributed by atoms with van der Waals surface area (Å²) >= 11 is 0. The molecule has 0 amide bonds. The van der Waals surface area contributed by atoms with Crippen LogP contribution in [0.4, 0.5) is 19.0 Å². The van der Waals surface area contributed by atoms with E-state index >= 15 is 0 Å². The van der Waals surface area contributed by atoms with Gasteiger partial charge in [0.1, 0.15) is 17.8 Å². The van der Waals surface area contributed by atoms with Crippen LogP contribution in [0.5, 0.6) is 0 Å². The minimum Gasteiger partial charge on any atom is -0.383 e. The molecule has 1 aromatic carbocycles. The van der Waals surface area contributed by atoms with Gasteiger partial charge >= 0.3 is 0 Å². The quantitative estimate of drug-likeness (QED) is 0.567. The van der Waals surface area contributed by atoms with Crippen molar-refractivity contribution in [1.29, 1.82) is 0 Å². The molecule has 0 radical (unpaired) electrons. The highest BCUT2D eigenvalue weighted by molar-refractivity contribution is 5.95. The number of nitrogens with two attached hydrogens (primary N) is 1. The Morgan fingerprint density at radius 1 is 0.920 bits per heavy atom. The molecule has 0 fully saturated rings. The van der Waals surface area contributed by atoms with Crippen molar-refractivity contribution < 1.29 is 13.2 Å². The molecule has 25 heavy (non-hydrogen) atoms. The first-order valence-corrected chi connectivity index (χ1v) is 7.10. The van der Waals surface area contributed by atoms with Crippen LogP contribution < -0.4 is 5.73 Å². The highest BCUT2D eigenvalue weighted by Crippen LogP contribution is 2.31. The number of aromatic nitrogens is 5. The van der Waals surface area contributed by atoms with Crippen LogP contribution >= 0.6 is 0 Å². The molecule has 0 aliphatic heterocycles. The van der Waals surface area contributed by atoms with Crippen molar-refractivity contribution in [1.82, 2.24) is 24.7 Å². The van der Waals surface area contributed by atoms with Gasteiger partial charge in [0.15, 0.2) is 23.1 Å². The lowest BCUT2D eigenvalue weighted by Gasteiger charge is -2.07. The Labute approximate surface area is 138 Å². The standard InChI is InChI=1S/C16H9F3N6/c17-11-1-2-12(14(19)13(11)18)25-16-10(6-24-25)8(3-4-22-16)9-5-21-7-23-15(9)20/h1-7H,(H2,20,21,23). The van der Waals surface area contributed by atoms with Crippen LogP contribution in [0.15, 0.2) is 43.1 Å². The molecule has 4 aromatic rings. The van der Waals surface area contributed by atoms with Gasteiger partial charge in [-0.2, -0.15) is 5.10 Å². The number of benzene rings is 1. The van der Waals surface area contributed by atoms with E-state index in [1.807, 2.05) is 0 Å². The van der Waals surface area contributed by atoms with Crippen molar-refractivity contribution in [2.75, 3.05) is 5.73 Å². The SMILES string of the molecule is Nc1ncncc1-c1ccnc2c1cnn2-c1ccc(F)c(F)c1F. The van der Waals surface area contributed by atoms with E-state index in [2.05, 4.69) is 20.1 Å². The summed E-state index contributed by atoms with van der Waals surface area (Å²) in [5.74, 6) is -3.94. The Hall–Kier alpha value is -3.49. The van der Waals surface area contributed by atoms with Crippen LogP contribution in [0.2, 0.25) is 0 Å². The van der Waals surface area contributed by atoms with E-state index in [1.54, 1.807) is 6.07 Å². The first-order valence-electron chi connectivity index (χ1n) is 7.10. The van der Waals surface area contributed by atoms with Crippen molar-refractivity contribution in [2.24, 2.45) is 0 Å². The van der Waals surface area contributed by atoms with Gasteiger partial charge in [-0.05, 0) is 18.2 Å². The number of nitrogen functional groups attached to an aromatic ring is 1. The van der Waals surface area contributed by atoms with Gasteiger partial charge in [0.2, 0.25) is 0 Å². The smallest absolute Gasteiger partial charge is 0.196 e. The third-order valence-corrected chi connectivity index (χ3v) is 3.75. The summed E-state index contributed by atoms with van der Waals surface area (Å²) in [6.07, 6.45) is 5.76. The zero-order valence-corrected chi connectivity index (χ0v) is 12.5. The fourth-order valence-electron chi connectivity index (χ4n) is 2.57. The van der Waals surface area contributed by atoms with Crippen LogP contribution in [0.1, 0.15) is 0 Å². The van der Waals surface area contributed by atoms with E-state index < -0.39 is 17.5 Å². The fraction of sp³-hybridized carbons (Fsp3) is 0. The van der Waals surface area contributed by atoms with Gasteiger partial charge in [-0.15, -0.1) is 0 Å². The fourth-order valence-corrected chi connectivity index (χ4v) is 2.57. The summed E-state index contributed by atoms with van der Waals surface area (Å²) in [5, 5.41) is 4.59. The van der Waals surface area contributed by atoms with E-state index in [4.69, 9.17) is 5.73 Å². The van der Waals surface area contributed by atoms with E-state index in [-0.39, 0.29) is 17.2 Å². The monoisotopic (exact) mass is 342 g/mol. The first kappa shape index (κ1) is 15.1. The highest BCUT2D eigenvalue weighted by Gasteiger charge is 2.19. The minimum absolute atomic E-state index is 0.254. The number of rotatable bonds is 2. The van der Waals surface area contributed by atoms with Crippen molar-refractivity contribution in [3.8, 4) is 16.8 Å². The molecule has 124 valence electrons. The highest BCUT2D eigenvalue weighted by atomic mass is 19.2. The lowest BCUT2D eigenvalue weighted by atomic mass is 10.1. The predicted molar refractivity (Wildman–Crippen MR) is 84.2 cm³/mol. The Balaban J connectivity index is 1.97. The zero-order chi connectivity index (χ0) is 17.6. The second-order valence-electron chi connectivity index (χ2n) is 5.17. The number of fused-ring (bicyclic) bond motifs is 1. The molecule has 0 saturated carbocycles. The summed E-state index contributed by atoms with van der Waals surface area (Å²) in [4.78, 5) is 12.0. The molecule has 0 atom stereocenters. The van der Waals surface area contributed by atoms with Gasteiger partial charge in [-0.25, -0.2) is 32.8 Å². The summed E-state index contributed by atoms with van der Waals surface area (Å²) in [7, 11) is 0. The lowest BCUT2D eigenvalue weighted by Crippen LogP contribution is -2.04. The number of anilines is 1. The molecule has 4 rings (SSSR count). The number of hydrogen-bond donors (Lipinski definition) is 1. The average Bonchev–Trinajstić information content (AvgIpc) is 3.04. The summed E-state index contributed by atoms with van der Waals surface area (Å²) in [5.41, 5.74) is 7.07. The van der Waals surface area contributed by atoms with Gasteiger partial charge in [0, 0.05) is 28.9 Å². The molecule has 0 bridgehead atoms. The largest absolute Gasteiger partial charge is 0.383 e. The number of nitrogens with zero attached hydrogens (tertiary/aromatic N) is 5. The Morgan fingerprint density at radius 2 is 1.76 bits per heavy atom. The second kappa shape index (κ2) is 5.55. The molecule has 9 heteroatoms. The zero-order valence-electron chi connectivity index (χ0n) is 12.5. The maximum absolute atomic E-state index is 14.1. The first-order chi connectivity index (χ1) is 12.1. The van der Waals surface area contributed by atoms with Crippen molar-refractivity contribution in [2.45, 2.75) is 0 Å². The molecule has 0 spiro atoms. The molecular formula is C16H9F3N6. The van der Waals surface area contributed by atoms with Crippen molar-refractivity contribution >= 4 is 16.9 Å². The van der Waals surface area contributed by atoms with Gasteiger partial charge in [0.25, 0.3) is 0 Å². The predicted octanol–water partition coefficient (Wildman–Crippen LogP) is 2.88. The second-order valence-corrected chi connectivity index (χ2v) is 5.17. The van der Waals surface area contributed by atoms with Gasteiger partial charge < -0.3 is 5.73 Å². The molecule has 3 heterocycles. The molecular weight excluding hydrogens is 333 g/mol. The van der Waals surface area contributed by atoms with Crippen LogP contribution in [0.3, 0.4) is 0 Å². The third kappa shape index (κ3) is 2.28. The average molecular weight is 342 g/mol. The van der Waals surface area contributed by atoms with Crippen molar-refractivity contribution in [3.63, 3.8) is 0 Å². The minimum atomic E-state index is -1.57. The number of pyridine rings is 1. The van der Waals surface area contributed by atoms with Gasteiger partial charge in [0.05, 0.1) is 6.20 Å². The number of halogens is 3. The molecule has 2 N–H and O–H groups in total. The van der Waals surface area contributed by atoms with E-state index in [9.17, 15) is 13.2 Å². The maximum atomic E-state index is 14.1. The van der Waals surface area contributed by atoms with E-state index in [0.29, 0.717) is 16.5 Å². The normalized spacial score (nSPS) is 11.2. The summed E-state index contributed by atoms with van der Waals surface area (Å²) in [6.45, 7) is 0. The third-order valence-electron chi connectivity index (χ3n) is 3.75. The van der Waals surface area contributed by atoms with Crippen LogP contribution in [-0.2, 0) is 0 Å². The van der Waals surface area contributed by atoms with Gasteiger partial charge in [-0.3, -0.25) is 0 Å². The Bertz CT molecular complexity index is 1110. The summed E-state index contributed by atoms with van der Waals surface area (Å²) in [6, 6.07) is 3.60. The topological polar surface area (TPSA) is 82.5 Å². The van der Waals surface area contributed by atoms with Crippen LogP contribution in [0, 0.1) is 17.5 Å². The Morgan fingerprint density at radius 3 is 2.56 bits per heavy atom. The number of hydrogen-bond acceptors (Lipinski definition) is 5. The maximum Gasteiger partial charge on any atom is 0.196 e. The van der Waals surface area contributed by atoms with Gasteiger partial charge in [-0.1, -0.05) is 0 Å².